The van der Waals surface area contributed by atoms with Crippen LogP contribution in [0.4, 0.5) is 4.39 Å². The fourth-order valence-corrected chi connectivity index (χ4v) is 1.35. The molecular formula is C9H8ClFN2. The van der Waals surface area contributed by atoms with E-state index in [4.69, 9.17) is 11.6 Å². The third-order valence-corrected chi connectivity index (χ3v) is 2.07. The minimum absolute atomic E-state index is 0.169. The molecule has 0 unspecified atom stereocenters. The highest BCUT2D eigenvalue weighted by Crippen LogP contribution is 2.22. The number of aromatic nitrogens is 2. The van der Waals surface area contributed by atoms with Crippen LogP contribution in [0.3, 0.4) is 0 Å². The number of hydrogen-bond donors (Lipinski definition) is 1. The number of nitrogens with zero attached hydrogens (tertiary/aromatic N) is 1. The molecule has 1 heterocycles. The zero-order valence-electron chi connectivity index (χ0n) is 7.01. The second kappa shape index (κ2) is 3.00. The fourth-order valence-electron chi connectivity index (χ4n) is 1.25. The summed E-state index contributed by atoms with van der Waals surface area (Å²) in [5.74, 6) is 0.169. The van der Waals surface area contributed by atoms with Crippen molar-refractivity contribution >= 4 is 22.6 Å². The van der Waals surface area contributed by atoms with Gasteiger partial charge < -0.3 is 4.98 Å². The molecular weight excluding hydrogens is 191 g/mol. The summed E-state index contributed by atoms with van der Waals surface area (Å²) in [6, 6.07) is 5.67. The molecule has 0 aliphatic carbocycles. The Morgan fingerprint density at radius 1 is 1.54 bits per heavy atom. The summed E-state index contributed by atoms with van der Waals surface area (Å²) in [6.45, 7) is 1.97. The van der Waals surface area contributed by atoms with Crippen molar-refractivity contribution in [3.8, 4) is 0 Å². The van der Waals surface area contributed by atoms with Crippen LogP contribution in [0, 0.1) is 6.92 Å². The minimum Gasteiger partial charge on any atom is -0.338 e. The van der Waals surface area contributed by atoms with E-state index in [9.17, 15) is 4.39 Å². The molecule has 13 heavy (non-hydrogen) atoms. The first-order valence-corrected chi connectivity index (χ1v) is 4.35. The molecule has 0 saturated carbocycles. The number of hydrogen-bond acceptors (Lipinski definition) is 1. The molecule has 2 nitrogen and oxygen atoms in total. The lowest BCUT2D eigenvalue weighted by Crippen LogP contribution is -1.83. The molecule has 0 fully saturated rings. The molecule has 1 N–H and O–H groups in total. The number of benzene rings is 1. The molecule has 2 rings (SSSR count). The highest BCUT2D eigenvalue weighted by Gasteiger charge is 2.10. The topological polar surface area (TPSA) is 28.7 Å². The maximum Gasteiger partial charge on any atom is 0.230 e. The average Bonchev–Trinajstić information content (AvgIpc) is 2.46. The molecule has 0 radical (unpaired) electrons. The van der Waals surface area contributed by atoms with Crippen LogP contribution in [0.15, 0.2) is 18.2 Å². The van der Waals surface area contributed by atoms with E-state index in [2.05, 4.69) is 9.97 Å². The maximum absolute atomic E-state index is 12.6. The molecule has 2 aromatic rings. The van der Waals surface area contributed by atoms with Crippen LogP contribution >= 0.6 is 11.6 Å². The number of H-pyrrole nitrogens is 1. The van der Waals surface area contributed by atoms with Crippen LogP contribution in [0.5, 0.6) is 0 Å². The first kappa shape index (κ1) is 8.51. The average molecular weight is 199 g/mol. The highest BCUT2D eigenvalue weighted by atomic mass is 35.5. The van der Waals surface area contributed by atoms with E-state index in [1.54, 1.807) is 0 Å². The molecule has 0 amide bonds. The molecule has 4 heteroatoms. The molecule has 1 aromatic carbocycles. The third kappa shape index (κ3) is 1.52. The summed E-state index contributed by atoms with van der Waals surface area (Å²) in [4.78, 5) is 6.81. The Bertz CT molecular complexity index is 436. The monoisotopic (exact) mass is 198 g/mol. The van der Waals surface area contributed by atoms with E-state index in [0.29, 0.717) is 0 Å². The van der Waals surface area contributed by atoms with Gasteiger partial charge in [-0.15, -0.1) is 0 Å². The number of nitrogens with one attached hydrogen (secondary N) is 1. The van der Waals surface area contributed by atoms with Gasteiger partial charge in [-0.3, -0.25) is 0 Å². The van der Waals surface area contributed by atoms with E-state index >= 15 is 0 Å². The Morgan fingerprint density at radius 3 is 3.00 bits per heavy atom. The summed E-state index contributed by atoms with van der Waals surface area (Å²) in [6.07, 6.45) is 0. The Morgan fingerprint density at radius 2 is 2.31 bits per heavy atom. The van der Waals surface area contributed by atoms with Gasteiger partial charge in [0.2, 0.25) is 5.63 Å². The molecule has 0 saturated heterocycles. The molecule has 0 spiro atoms. The third-order valence-electron chi connectivity index (χ3n) is 1.86. The number of aryl methyl sites for hydroxylation is 1. The van der Waals surface area contributed by atoms with Crippen molar-refractivity contribution in [2.24, 2.45) is 0 Å². The number of alkyl halides is 2. The van der Waals surface area contributed by atoms with E-state index in [1.165, 1.54) is 0 Å². The van der Waals surface area contributed by atoms with E-state index in [0.717, 1.165) is 16.6 Å². The second-order valence-corrected chi connectivity index (χ2v) is 3.33. The van der Waals surface area contributed by atoms with Crippen LogP contribution in [-0.4, -0.2) is 9.97 Å². The van der Waals surface area contributed by atoms with Crippen LogP contribution < -0.4 is 0 Å². The quantitative estimate of drug-likeness (QED) is 0.701. The first-order valence-electron chi connectivity index (χ1n) is 3.91. The van der Waals surface area contributed by atoms with Gasteiger partial charge in [-0.2, -0.15) is 0 Å². The van der Waals surface area contributed by atoms with Crippen molar-refractivity contribution < 1.29 is 4.39 Å². The van der Waals surface area contributed by atoms with Crippen LogP contribution in [0.25, 0.3) is 11.0 Å². The molecule has 0 aliphatic heterocycles. The van der Waals surface area contributed by atoms with E-state index < -0.39 is 5.63 Å². The van der Waals surface area contributed by atoms with Crippen molar-refractivity contribution in [1.82, 2.24) is 9.97 Å². The van der Waals surface area contributed by atoms with Gasteiger partial charge in [-0.25, -0.2) is 9.37 Å². The fraction of sp³-hybridized carbons (Fsp3) is 0.222. The lowest BCUT2D eigenvalue weighted by molar-refractivity contribution is 0.444. The van der Waals surface area contributed by atoms with Crippen molar-refractivity contribution in [3.63, 3.8) is 0 Å². The molecule has 68 valence electrons. The van der Waals surface area contributed by atoms with E-state index in [1.807, 2.05) is 25.1 Å². The van der Waals surface area contributed by atoms with Gasteiger partial charge in [-0.1, -0.05) is 17.7 Å². The van der Waals surface area contributed by atoms with Crippen molar-refractivity contribution in [2.45, 2.75) is 12.6 Å². The second-order valence-electron chi connectivity index (χ2n) is 2.94. The van der Waals surface area contributed by atoms with E-state index in [-0.39, 0.29) is 5.82 Å². The van der Waals surface area contributed by atoms with Gasteiger partial charge in [0.1, 0.15) is 0 Å². The summed E-state index contributed by atoms with van der Waals surface area (Å²) in [5, 5.41) is 0. The minimum atomic E-state index is -1.56. The Kier molecular flexibility index (Phi) is 1.96. The highest BCUT2D eigenvalue weighted by molar-refractivity contribution is 6.19. The largest absolute Gasteiger partial charge is 0.338 e. The van der Waals surface area contributed by atoms with Gasteiger partial charge in [0.25, 0.3) is 0 Å². The smallest absolute Gasteiger partial charge is 0.230 e. The van der Waals surface area contributed by atoms with Crippen molar-refractivity contribution in [3.05, 3.63) is 29.6 Å². The number of imidazole rings is 1. The SMILES string of the molecule is Cc1ccc2nc([C@@H](F)Cl)[nH]c2c1. The Labute approximate surface area is 79.7 Å². The standard InChI is InChI=1S/C9H8ClFN2/c1-5-2-3-6-7(4-5)13-9(12-6)8(10)11/h2-4,8H,1H3,(H,12,13)/t8-/m1/s1. The zero-order valence-corrected chi connectivity index (χ0v) is 7.77. The summed E-state index contributed by atoms with van der Waals surface area (Å²) < 4.78 is 12.6. The van der Waals surface area contributed by atoms with Crippen molar-refractivity contribution in [2.75, 3.05) is 0 Å². The lowest BCUT2D eigenvalue weighted by atomic mass is 10.2. The van der Waals surface area contributed by atoms with Crippen LogP contribution in [-0.2, 0) is 0 Å². The predicted molar refractivity (Wildman–Crippen MR) is 50.5 cm³/mol. The summed E-state index contributed by atoms with van der Waals surface area (Å²) in [5.41, 5.74) is 1.10. The maximum atomic E-state index is 12.6. The molecule has 1 atom stereocenters. The molecule has 1 aromatic heterocycles. The van der Waals surface area contributed by atoms with Crippen LogP contribution in [0.2, 0.25) is 0 Å². The van der Waals surface area contributed by atoms with Gasteiger partial charge in [-0.05, 0) is 24.6 Å². The van der Waals surface area contributed by atoms with Gasteiger partial charge in [0, 0.05) is 0 Å². The summed E-state index contributed by atoms with van der Waals surface area (Å²) >= 11 is 5.25. The molecule has 0 aliphatic rings. The predicted octanol–water partition coefficient (Wildman–Crippen LogP) is 3.08. The van der Waals surface area contributed by atoms with Crippen molar-refractivity contribution in [1.29, 1.82) is 0 Å². The number of halogens is 2. The number of aromatic amines is 1. The Hall–Kier alpha value is -1.09. The van der Waals surface area contributed by atoms with Gasteiger partial charge >= 0.3 is 0 Å². The first-order chi connectivity index (χ1) is 6.16. The lowest BCUT2D eigenvalue weighted by Gasteiger charge is -1.90. The van der Waals surface area contributed by atoms with Gasteiger partial charge in [0.05, 0.1) is 11.0 Å². The molecule has 0 bridgehead atoms. The zero-order chi connectivity index (χ0) is 9.42. The Balaban J connectivity index is 2.62. The number of rotatable bonds is 1. The van der Waals surface area contributed by atoms with Crippen LogP contribution in [0.1, 0.15) is 17.0 Å². The normalized spacial score (nSPS) is 13.5. The summed E-state index contributed by atoms with van der Waals surface area (Å²) in [7, 11) is 0. The number of fused-ring (bicyclic) bond motifs is 1. The van der Waals surface area contributed by atoms with Gasteiger partial charge in [0.15, 0.2) is 5.82 Å².